The fraction of sp³-hybridized carbons (Fsp3) is 0.423. The molecule has 30 heavy (non-hydrogen) atoms. The summed E-state index contributed by atoms with van der Waals surface area (Å²) < 4.78 is 5.71. The van der Waals surface area contributed by atoms with Gasteiger partial charge in [-0.3, -0.25) is 0 Å². The smallest absolute Gasteiger partial charge is 0.339 e. The number of phenolic OH excluding ortho intramolecular Hbond substituents is 1. The third-order valence-corrected chi connectivity index (χ3v) is 6.90. The summed E-state index contributed by atoms with van der Waals surface area (Å²) in [5, 5.41) is 12.1. The van der Waals surface area contributed by atoms with Crippen LogP contribution in [-0.2, 0) is 11.8 Å². The van der Waals surface area contributed by atoms with Crippen LogP contribution in [0.2, 0.25) is 5.02 Å². The van der Waals surface area contributed by atoms with Crippen molar-refractivity contribution in [3.05, 3.63) is 74.6 Å². The molecule has 158 valence electrons. The molecule has 3 aromatic rings. The van der Waals surface area contributed by atoms with Crippen molar-refractivity contribution in [1.29, 1.82) is 0 Å². The van der Waals surface area contributed by atoms with Crippen LogP contribution in [0.3, 0.4) is 0 Å². The lowest BCUT2D eigenvalue weighted by Gasteiger charge is -2.38. The topological polar surface area (TPSA) is 50.4 Å². The lowest BCUT2D eigenvalue weighted by atomic mass is 9.66. The number of benzene rings is 2. The number of hydrogen-bond acceptors (Lipinski definition) is 3. The van der Waals surface area contributed by atoms with Crippen molar-refractivity contribution in [3.63, 3.8) is 0 Å². The van der Waals surface area contributed by atoms with Crippen LogP contribution in [-0.4, -0.2) is 5.11 Å². The molecule has 1 aromatic heterocycles. The van der Waals surface area contributed by atoms with Crippen LogP contribution < -0.4 is 5.63 Å². The van der Waals surface area contributed by atoms with Gasteiger partial charge in [0.2, 0.25) is 0 Å². The zero-order chi connectivity index (χ0) is 21.1. The van der Waals surface area contributed by atoms with Gasteiger partial charge in [-0.05, 0) is 66.1 Å². The first-order chi connectivity index (χ1) is 14.5. The maximum Gasteiger partial charge on any atom is 0.339 e. The molecular formula is C26H29ClO3. The van der Waals surface area contributed by atoms with Crippen LogP contribution in [0.5, 0.6) is 5.75 Å². The number of fused-ring (bicyclic) bond motifs is 1. The Balaban J connectivity index is 1.73. The van der Waals surface area contributed by atoms with Gasteiger partial charge in [0.05, 0.1) is 5.39 Å². The van der Waals surface area contributed by atoms with E-state index < -0.39 is 0 Å². The first-order valence-electron chi connectivity index (χ1n) is 11.1. The van der Waals surface area contributed by atoms with E-state index in [9.17, 15) is 9.90 Å². The fourth-order valence-electron chi connectivity index (χ4n) is 4.92. The lowest BCUT2D eigenvalue weighted by Crippen LogP contribution is -2.29. The average Bonchev–Trinajstić information content (AvgIpc) is 2.75. The van der Waals surface area contributed by atoms with Crippen molar-refractivity contribution in [2.75, 3.05) is 0 Å². The number of unbranched alkanes of at least 4 members (excludes halogenated alkanes) is 1. The van der Waals surface area contributed by atoms with Gasteiger partial charge < -0.3 is 9.52 Å². The molecule has 1 N–H and O–H groups in total. The molecule has 4 heteroatoms. The predicted molar refractivity (Wildman–Crippen MR) is 123 cm³/mol. The highest BCUT2D eigenvalue weighted by atomic mass is 35.5. The van der Waals surface area contributed by atoms with Crippen molar-refractivity contribution in [2.24, 2.45) is 0 Å². The summed E-state index contributed by atoms with van der Waals surface area (Å²) in [4.78, 5) is 12.7. The second kappa shape index (κ2) is 8.85. The number of rotatable bonds is 6. The minimum absolute atomic E-state index is 0.0838. The molecule has 0 atom stereocenters. The first-order valence-corrected chi connectivity index (χ1v) is 11.4. The van der Waals surface area contributed by atoms with Crippen LogP contribution in [0.1, 0.15) is 75.0 Å². The Hall–Kier alpha value is -2.26. The second-order valence-electron chi connectivity index (χ2n) is 8.71. The molecule has 1 fully saturated rings. The number of halogens is 1. The molecule has 3 nitrogen and oxygen atoms in total. The third-order valence-electron chi connectivity index (χ3n) is 6.64. The molecule has 0 spiro atoms. The number of phenols is 1. The molecule has 0 bridgehead atoms. The zero-order valence-electron chi connectivity index (χ0n) is 17.5. The van der Waals surface area contributed by atoms with Gasteiger partial charge in [-0.25, -0.2) is 4.79 Å². The molecule has 0 saturated heterocycles. The molecule has 2 aromatic carbocycles. The minimum Gasteiger partial charge on any atom is -0.507 e. The Bertz CT molecular complexity index is 1080. The molecule has 1 aliphatic carbocycles. The van der Waals surface area contributed by atoms with Crippen molar-refractivity contribution in [2.45, 2.75) is 70.1 Å². The monoisotopic (exact) mass is 424 g/mol. The Morgan fingerprint density at radius 2 is 1.80 bits per heavy atom. The van der Waals surface area contributed by atoms with Crippen LogP contribution >= 0.6 is 11.6 Å². The SMILES string of the molecule is CCCCC1(c2cc(O)c3cc(Cc4ccc(Cl)cc4)c(=O)oc3c2)CCCCC1. The van der Waals surface area contributed by atoms with E-state index in [0.717, 1.165) is 36.8 Å². The first kappa shape index (κ1) is 21.0. The van der Waals surface area contributed by atoms with Gasteiger partial charge in [-0.1, -0.05) is 62.8 Å². The van der Waals surface area contributed by atoms with Crippen molar-refractivity contribution >= 4 is 22.6 Å². The Morgan fingerprint density at radius 3 is 2.50 bits per heavy atom. The molecule has 1 saturated carbocycles. The van der Waals surface area contributed by atoms with Crippen molar-refractivity contribution < 1.29 is 9.52 Å². The van der Waals surface area contributed by atoms with E-state index in [1.54, 1.807) is 6.07 Å². The van der Waals surface area contributed by atoms with Crippen LogP contribution in [0, 0.1) is 0 Å². The van der Waals surface area contributed by atoms with E-state index in [2.05, 4.69) is 6.92 Å². The van der Waals surface area contributed by atoms with Gasteiger partial charge in [0.25, 0.3) is 0 Å². The van der Waals surface area contributed by atoms with Crippen molar-refractivity contribution in [3.8, 4) is 5.75 Å². The van der Waals surface area contributed by atoms with Crippen LogP contribution in [0.15, 0.2) is 51.7 Å². The average molecular weight is 425 g/mol. The maximum atomic E-state index is 12.7. The standard InChI is InChI=1S/C26H29ClO3/c1-2-3-11-26(12-5-4-6-13-26)20-16-23(28)22-15-19(25(29)30-24(22)17-20)14-18-7-9-21(27)10-8-18/h7-10,15-17,28H,2-6,11-14H2,1H3. The lowest BCUT2D eigenvalue weighted by molar-refractivity contribution is 0.266. The third kappa shape index (κ3) is 4.27. The quantitative estimate of drug-likeness (QED) is 0.428. The predicted octanol–water partition coefficient (Wildman–Crippen LogP) is 7.13. The summed E-state index contributed by atoms with van der Waals surface area (Å²) in [5.74, 6) is 0.199. The number of aromatic hydroxyl groups is 1. The largest absolute Gasteiger partial charge is 0.507 e. The Kier molecular flexibility index (Phi) is 6.19. The Morgan fingerprint density at radius 1 is 1.07 bits per heavy atom. The normalized spacial score (nSPS) is 16.1. The van der Waals surface area contributed by atoms with Gasteiger partial charge in [-0.15, -0.1) is 0 Å². The second-order valence-corrected chi connectivity index (χ2v) is 9.15. The molecule has 4 rings (SSSR count). The summed E-state index contributed by atoms with van der Waals surface area (Å²) in [6, 6.07) is 13.1. The van der Waals surface area contributed by atoms with Gasteiger partial charge in [0.15, 0.2) is 0 Å². The molecule has 0 unspecified atom stereocenters. The summed E-state index contributed by atoms with van der Waals surface area (Å²) in [7, 11) is 0. The van der Waals surface area contributed by atoms with Gasteiger partial charge in [-0.2, -0.15) is 0 Å². The Labute approximate surface area is 182 Å². The highest BCUT2D eigenvalue weighted by Crippen LogP contribution is 2.45. The molecule has 0 radical (unpaired) electrons. The zero-order valence-corrected chi connectivity index (χ0v) is 18.3. The highest BCUT2D eigenvalue weighted by Gasteiger charge is 2.34. The summed E-state index contributed by atoms with van der Waals surface area (Å²) in [5.41, 5.74) is 2.85. The number of hydrogen-bond donors (Lipinski definition) is 1. The summed E-state index contributed by atoms with van der Waals surface area (Å²) in [6.07, 6.45) is 9.86. The fourth-order valence-corrected chi connectivity index (χ4v) is 5.04. The molecule has 1 heterocycles. The van der Waals surface area contributed by atoms with E-state index in [1.165, 1.54) is 25.7 Å². The van der Waals surface area contributed by atoms with E-state index in [4.69, 9.17) is 16.0 Å². The maximum absolute atomic E-state index is 12.7. The van der Waals surface area contributed by atoms with Crippen LogP contribution in [0.4, 0.5) is 0 Å². The molecule has 0 amide bonds. The van der Waals surface area contributed by atoms with Crippen LogP contribution in [0.25, 0.3) is 11.0 Å². The van der Waals surface area contributed by atoms with E-state index >= 15 is 0 Å². The van der Waals surface area contributed by atoms with Crippen molar-refractivity contribution in [1.82, 2.24) is 0 Å². The summed E-state index contributed by atoms with van der Waals surface area (Å²) >= 11 is 5.95. The minimum atomic E-state index is -0.347. The van der Waals surface area contributed by atoms with Gasteiger partial charge in [0, 0.05) is 17.0 Å². The molecular weight excluding hydrogens is 396 g/mol. The van der Waals surface area contributed by atoms with E-state index in [0.29, 0.717) is 28.0 Å². The van der Waals surface area contributed by atoms with Gasteiger partial charge >= 0.3 is 5.63 Å². The molecule has 0 aliphatic heterocycles. The molecule has 1 aliphatic rings. The van der Waals surface area contributed by atoms with Gasteiger partial charge in [0.1, 0.15) is 11.3 Å². The highest BCUT2D eigenvalue weighted by molar-refractivity contribution is 6.30. The van der Waals surface area contributed by atoms with E-state index in [1.807, 2.05) is 36.4 Å². The van der Waals surface area contributed by atoms with E-state index in [-0.39, 0.29) is 16.8 Å². The summed E-state index contributed by atoms with van der Waals surface area (Å²) in [6.45, 7) is 2.22.